The number of carbonyl (C=O) groups excluding carboxylic acids is 2. The van der Waals surface area contributed by atoms with Crippen LogP contribution in [0, 0.1) is 0 Å². The molecular formula is C29H41N3O3S. The van der Waals surface area contributed by atoms with Gasteiger partial charge in [-0.1, -0.05) is 39.8 Å². The molecule has 6 nitrogen and oxygen atoms in total. The molecule has 0 spiro atoms. The summed E-state index contributed by atoms with van der Waals surface area (Å²) in [4.78, 5) is 30.9. The molecular weight excluding hydrogens is 470 g/mol. The van der Waals surface area contributed by atoms with E-state index >= 15 is 0 Å². The summed E-state index contributed by atoms with van der Waals surface area (Å²) in [7, 11) is 2.37. The Kier molecular flexibility index (Phi) is 9.85. The maximum atomic E-state index is 13.3. The number of likely N-dealkylation sites (tertiary alicyclic amines) is 1. The molecule has 0 radical (unpaired) electrons. The van der Waals surface area contributed by atoms with Crippen LogP contribution in [-0.4, -0.2) is 53.0 Å². The number of benzene rings is 2. The predicted molar refractivity (Wildman–Crippen MR) is 146 cm³/mol. The summed E-state index contributed by atoms with van der Waals surface area (Å²) in [5.41, 5.74) is 4.78. The van der Waals surface area contributed by atoms with Gasteiger partial charge in [-0.2, -0.15) is 0 Å². The van der Waals surface area contributed by atoms with Gasteiger partial charge in [-0.05, 0) is 91.7 Å². The zero-order valence-electron chi connectivity index (χ0n) is 22.6. The second kappa shape index (κ2) is 12.6. The second-order valence-electron chi connectivity index (χ2n) is 10.6. The summed E-state index contributed by atoms with van der Waals surface area (Å²) < 4.78 is 15.5. The minimum Gasteiger partial charge on any atom is -0.339 e. The van der Waals surface area contributed by atoms with Gasteiger partial charge in [0.25, 0.3) is 5.91 Å². The van der Waals surface area contributed by atoms with E-state index in [9.17, 15) is 13.8 Å². The molecule has 1 N–H and O–H groups in total. The molecule has 7 heteroatoms. The summed E-state index contributed by atoms with van der Waals surface area (Å²) in [5, 5.41) is 0. The summed E-state index contributed by atoms with van der Waals surface area (Å²) in [6, 6.07) is 11.4. The fourth-order valence-electron chi connectivity index (χ4n) is 4.80. The number of hydrogen-bond donors (Lipinski definition) is 1. The van der Waals surface area contributed by atoms with Crippen LogP contribution in [0.25, 0.3) is 0 Å². The highest BCUT2D eigenvalue weighted by molar-refractivity contribution is 7.83. The van der Waals surface area contributed by atoms with Crippen LogP contribution in [0.2, 0.25) is 0 Å². The molecule has 0 bridgehead atoms. The molecule has 0 saturated carbocycles. The Morgan fingerprint density at radius 2 is 1.50 bits per heavy atom. The standard InChI is InChI=1S/C29H41N3O3S/c1-20(2)25-16-23(29(34)32-14-8-7-9-15-32)17-26(21(3)4)27(25)18-28(33)30-36(35)24-12-10-22(11-13-24)19-31(5)6/h10-13,16-17,20-21H,7-9,14-15,18-19H2,1-6H3,(H,30,33). The van der Waals surface area contributed by atoms with Crippen LogP contribution in [0.15, 0.2) is 41.3 Å². The van der Waals surface area contributed by atoms with Crippen molar-refractivity contribution < 1.29 is 13.8 Å². The van der Waals surface area contributed by atoms with Crippen LogP contribution < -0.4 is 4.72 Å². The fourth-order valence-corrected chi connectivity index (χ4v) is 5.58. The summed E-state index contributed by atoms with van der Waals surface area (Å²) in [6.07, 6.45) is 3.40. The SMILES string of the molecule is CC(C)c1cc(C(=O)N2CCCCC2)cc(C(C)C)c1CC(=O)NS(=O)c1ccc(CN(C)C)cc1. The van der Waals surface area contributed by atoms with Crippen molar-refractivity contribution in [2.75, 3.05) is 27.2 Å². The maximum absolute atomic E-state index is 13.3. The third-order valence-corrected chi connectivity index (χ3v) is 7.75. The molecule has 1 atom stereocenters. The molecule has 1 saturated heterocycles. The van der Waals surface area contributed by atoms with E-state index in [1.165, 1.54) is 6.42 Å². The highest BCUT2D eigenvalue weighted by Gasteiger charge is 2.24. The summed E-state index contributed by atoms with van der Waals surface area (Å²) in [6.45, 7) is 10.8. The van der Waals surface area contributed by atoms with Crippen LogP contribution in [0.4, 0.5) is 0 Å². The fraction of sp³-hybridized carbons (Fsp3) is 0.517. The molecule has 0 aromatic heterocycles. The molecule has 3 rings (SSSR count). The van der Waals surface area contributed by atoms with Crippen molar-refractivity contribution in [2.24, 2.45) is 0 Å². The molecule has 1 aliphatic rings. The first-order valence-corrected chi connectivity index (χ1v) is 14.1. The number of nitrogens with one attached hydrogen (secondary N) is 1. The van der Waals surface area contributed by atoms with Gasteiger partial charge in [-0.25, -0.2) is 4.21 Å². The van der Waals surface area contributed by atoms with Gasteiger partial charge < -0.3 is 9.80 Å². The third-order valence-electron chi connectivity index (χ3n) is 6.63. The van der Waals surface area contributed by atoms with Crippen LogP contribution >= 0.6 is 0 Å². The van der Waals surface area contributed by atoms with Crippen LogP contribution in [0.3, 0.4) is 0 Å². The molecule has 0 aliphatic carbocycles. The van der Waals surface area contributed by atoms with E-state index in [2.05, 4.69) is 37.3 Å². The van der Waals surface area contributed by atoms with Gasteiger partial charge in [-0.3, -0.25) is 14.3 Å². The molecule has 2 amide bonds. The minimum absolute atomic E-state index is 0.0771. The van der Waals surface area contributed by atoms with Crippen molar-refractivity contribution in [3.05, 3.63) is 64.2 Å². The Morgan fingerprint density at radius 3 is 2.00 bits per heavy atom. The van der Waals surface area contributed by atoms with E-state index in [1.54, 1.807) is 12.1 Å². The van der Waals surface area contributed by atoms with Gasteiger partial charge in [-0.15, -0.1) is 0 Å². The smallest absolute Gasteiger partial charge is 0.253 e. The van der Waals surface area contributed by atoms with Crippen molar-refractivity contribution in [1.82, 2.24) is 14.5 Å². The van der Waals surface area contributed by atoms with E-state index in [4.69, 9.17) is 0 Å². The summed E-state index contributed by atoms with van der Waals surface area (Å²) in [5.74, 6) is 0.0845. The van der Waals surface area contributed by atoms with Crippen molar-refractivity contribution in [2.45, 2.75) is 76.7 Å². The Bertz CT molecular complexity index is 1060. The lowest BCUT2D eigenvalue weighted by atomic mass is 9.85. The van der Waals surface area contributed by atoms with Gasteiger partial charge in [0.05, 0.1) is 11.3 Å². The first-order valence-electron chi connectivity index (χ1n) is 13.0. The lowest BCUT2D eigenvalue weighted by Gasteiger charge is -2.28. The van der Waals surface area contributed by atoms with Crippen LogP contribution in [0.5, 0.6) is 0 Å². The van der Waals surface area contributed by atoms with Crippen molar-refractivity contribution in [1.29, 1.82) is 0 Å². The van der Waals surface area contributed by atoms with Crippen molar-refractivity contribution >= 4 is 22.8 Å². The van der Waals surface area contributed by atoms with Gasteiger partial charge in [0.15, 0.2) is 11.0 Å². The first-order chi connectivity index (χ1) is 17.1. The average Bonchev–Trinajstić information content (AvgIpc) is 2.83. The molecule has 2 aromatic rings. The quantitative estimate of drug-likeness (QED) is 0.514. The highest BCUT2D eigenvalue weighted by Crippen LogP contribution is 2.31. The van der Waals surface area contributed by atoms with E-state index in [0.717, 1.165) is 54.7 Å². The maximum Gasteiger partial charge on any atom is 0.253 e. The Balaban J connectivity index is 1.81. The Labute approximate surface area is 219 Å². The number of piperidine rings is 1. The van der Waals surface area contributed by atoms with E-state index in [-0.39, 0.29) is 30.1 Å². The second-order valence-corrected chi connectivity index (χ2v) is 11.9. The topological polar surface area (TPSA) is 69.7 Å². The molecule has 1 unspecified atom stereocenters. The molecule has 2 aromatic carbocycles. The average molecular weight is 512 g/mol. The Morgan fingerprint density at radius 1 is 0.944 bits per heavy atom. The number of nitrogens with zero attached hydrogens (tertiary/aromatic N) is 2. The van der Waals surface area contributed by atoms with Crippen LogP contribution in [-0.2, 0) is 28.7 Å². The van der Waals surface area contributed by atoms with Crippen molar-refractivity contribution in [3.63, 3.8) is 0 Å². The normalized spacial score (nSPS) is 15.0. The van der Waals surface area contributed by atoms with E-state index in [1.807, 2.05) is 43.3 Å². The lowest BCUT2D eigenvalue weighted by molar-refractivity contribution is -0.118. The monoisotopic (exact) mass is 511 g/mol. The number of carbonyl (C=O) groups is 2. The molecule has 196 valence electrons. The number of hydrogen-bond acceptors (Lipinski definition) is 4. The Hall–Kier alpha value is -2.51. The molecule has 36 heavy (non-hydrogen) atoms. The minimum atomic E-state index is -1.63. The van der Waals surface area contributed by atoms with Gasteiger partial charge >= 0.3 is 0 Å². The predicted octanol–water partition coefficient (Wildman–Crippen LogP) is 5.00. The van der Waals surface area contributed by atoms with E-state index < -0.39 is 11.0 Å². The molecule has 1 aliphatic heterocycles. The largest absolute Gasteiger partial charge is 0.339 e. The molecule has 1 fully saturated rings. The van der Waals surface area contributed by atoms with Gasteiger partial charge in [0, 0.05) is 25.2 Å². The van der Waals surface area contributed by atoms with E-state index in [0.29, 0.717) is 10.5 Å². The number of amides is 2. The lowest BCUT2D eigenvalue weighted by Crippen LogP contribution is -2.36. The molecule has 1 heterocycles. The van der Waals surface area contributed by atoms with Gasteiger partial charge in [0.2, 0.25) is 5.91 Å². The third kappa shape index (κ3) is 7.26. The number of rotatable bonds is 9. The zero-order chi connectivity index (χ0) is 26.4. The summed E-state index contributed by atoms with van der Waals surface area (Å²) >= 11 is 0. The highest BCUT2D eigenvalue weighted by atomic mass is 32.2. The van der Waals surface area contributed by atoms with Crippen LogP contribution in [0.1, 0.15) is 91.4 Å². The first kappa shape index (κ1) is 28.1. The van der Waals surface area contributed by atoms with Gasteiger partial charge in [0.1, 0.15) is 0 Å². The zero-order valence-corrected chi connectivity index (χ0v) is 23.4. The van der Waals surface area contributed by atoms with Crippen molar-refractivity contribution in [3.8, 4) is 0 Å².